The first-order valence-corrected chi connectivity index (χ1v) is 6.43. The van der Waals surface area contributed by atoms with Crippen molar-refractivity contribution in [2.24, 2.45) is 0 Å². The summed E-state index contributed by atoms with van der Waals surface area (Å²) >= 11 is 0. The number of likely N-dealkylation sites (tertiary alicyclic amines) is 1. The quantitative estimate of drug-likeness (QED) is 0.884. The first-order valence-electron chi connectivity index (χ1n) is 6.43. The number of rotatable bonds is 2. The average Bonchev–Trinajstić information content (AvgIpc) is 2.91. The summed E-state index contributed by atoms with van der Waals surface area (Å²) in [7, 11) is 0. The van der Waals surface area contributed by atoms with Crippen molar-refractivity contribution in [2.75, 3.05) is 18.4 Å². The van der Waals surface area contributed by atoms with Crippen LogP contribution in [0.1, 0.15) is 6.42 Å². The molecular formula is C14H14FN3O2. The molecule has 1 aliphatic heterocycles. The van der Waals surface area contributed by atoms with Crippen LogP contribution in [0.15, 0.2) is 30.5 Å². The monoisotopic (exact) mass is 275 g/mol. The molecule has 1 amide bonds. The number of nitrogens with zero attached hydrogens (tertiary/aromatic N) is 2. The van der Waals surface area contributed by atoms with E-state index in [9.17, 15) is 9.18 Å². The summed E-state index contributed by atoms with van der Waals surface area (Å²) in [5, 5.41) is 12.8. The molecule has 20 heavy (non-hydrogen) atoms. The Morgan fingerprint density at radius 2 is 2.30 bits per heavy atom. The molecule has 3 rings (SSSR count). The number of benzene rings is 1. The second-order valence-electron chi connectivity index (χ2n) is 4.85. The first kappa shape index (κ1) is 12.7. The largest absolute Gasteiger partial charge is 0.465 e. The molecule has 1 aromatic carbocycles. The fourth-order valence-corrected chi connectivity index (χ4v) is 2.53. The molecule has 1 saturated heterocycles. The van der Waals surface area contributed by atoms with Crippen LogP contribution < -0.4 is 5.32 Å². The minimum absolute atomic E-state index is 0.0774. The van der Waals surface area contributed by atoms with Crippen LogP contribution in [0.25, 0.3) is 10.9 Å². The van der Waals surface area contributed by atoms with Crippen LogP contribution in [0.4, 0.5) is 14.9 Å². The van der Waals surface area contributed by atoms with Gasteiger partial charge in [0.15, 0.2) is 0 Å². The average molecular weight is 275 g/mol. The molecule has 1 unspecified atom stereocenters. The van der Waals surface area contributed by atoms with Crippen molar-refractivity contribution < 1.29 is 14.3 Å². The number of halogens is 1. The predicted molar refractivity (Wildman–Crippen MR) is 73.3 cm³/mol. The number of carboxylic acid groups (broad SMARTS) is 1. The second kappa shape index (κ2) is 4.96. The molecule has 1 aliphatic rings. The predicted octanol–water partition coefficient (Wildman–Crippen LogP) is 2.54. The molecule has 2 N–H and O–H groups in total. The summed E-state index contributed by atoms with van der Waals surface area (Å²) in [6, 6.07) is 6.49. The smallest absolute Gasteiger partial charge is 0.407 e. The molecule has 0 aliphatic carbocycles. The molecule has 104 valence electrons. The van der Waals surface area contributed by atoms with Gasteiger partial charge in [-0.05, 0) is 30.7 Å². The molecule has 0 saturated carbocycles. The number of fused-ring (bicyclic) bond motifs is 1. The lowest BCUT2D eigenvalue weighted by Gasteiger charge is -2.17. The Kier molecular flexibility index (Phi) is 3.14. The van der Waals surface area contributed by atoms with Crippen LogP contribution in [0.5, 0.6) is 0 Å². The third-order valence-corrected chi connectivity index (χ3v) is 3.54. The van der Waals surface area contributed by atoms with Crippen LogP contribution in [0.2, 0.25) is 0 Å². The molecule has 2 aromatic rings. The highest BCUT2D eigenvalue weighted by Gasteiger charge is 2.26. The van der Waals surface area contributed by atoms with Crippen molar-refractivity contribution in [1.29, 1.82) is 0 Å². The van der Waals surface area contributed by atoms with Crippen molar-refractivity contribution in [3.8, 4) is 0 Å². The van der Waals surface area contributed by atoms with Crippen LogP contribution in [-0.4, -0.2) is 40.2 Å². The van der Waals surface area contributed by atoms with E-state index in [0.29, 0.717) is 36.1 Å². The van der Waals surface area contributed by atoms with Gasteiger partial charge in [0.2, 0.25) is 0 Å². The fourth-order valence-electron chi connectivity index (χ4n) is 2.53. The zero-order chi connectivity index (χ0) is 14.1. The number of carbonyl (C=O) groups is 1. The maximum atomic E-state index is 14.0. The van der Waals surface area contributed by atoms with E-state index in [4.69, 9.17) is 5.11 Å². The molecule has 6 heteroatoms. The Hall–Kier alpha value is -2.37. The lowest BCUT2D eigenvalue weighted by molar-refractivity contribution is 0.155. The van der Waals surface area contributed by atoms with E-state index in [2.05, 4.69) is 10.3 Å². The summed E-state index contributed by atoms with van der Waals surface area (Å²) in [4.78, 5) is 16.4. The van der Waals surface area contributed by atoms with E-state index < -0.39 is 6.09 Å². The van der Waals surface area contributed by atoms with Gasteiger partial charge < -0.3 is 15.3 Å². The van der Waals surface area contributed by atoms with Gasteiger partial charge in [-0.2, -0.15) is 0 Å². The van der Waals surface area contributed by atoms with Gasteiger partial charge in [0, 0.05) is 30.7 Å². The van der Waals surface area contributed by atoms with E-state index in [-0.39, 0.29) is 11.9 Å². The maximum absolute atomic E-state index is 14.0. The molecule has 1 aromatic heterocycles. The van der Waals surface area contributed by atoms with Crippen LogP contribution in [0, 0.1) is 5.82 Å². The van der Waals surface area contributed by atoms with Gasteiger partial charge in [-0.1, -0.05) is 0 Å². The van der Waals surface area contributed by atoms with Crippen molar-refractivity contribution in [3.63, 3.8) is 0 Å². The standard InChI is InChI=1S/C14H14FN3O2/c15-11-3-4-12-10(2-1-6-16-12)13(11)17-9-5-7-18(8-9)14(19)20/h1-4,6,9,17H,5,7-8H2,(H,19,20). The van der Waals surface area contributed by atoms with Gasteiger partial charge in [0.1, 0.15) is 5.82 Å². The van der Waals surface area contributed by atoms with E-state index >= 15 is 0 Å². The maximum Gasteiger partial charge on any atom is 0.407 e. The van der Waals surface area contributed by atoms with Gasteiger partial charge in [-0.3, -0.25) is 4.98 Å². The molecule has 5 nitrogen and oxygen atoms in total. The Balaban J connectivity index is 1.88. The molecule has 1 atom stereocenters. The summed E-state index contributed by atoms with van der Waals surface area (Å²) in [5.74, 6) is -0.348. The lowest BCUT2D eigenvalue weighted by Crippen LogP contribution is -2.30. The lowest BCUT2D eigenvalue weighted by atomic mass is 10.1. The van der Waals surface area contributed by atoms with Gasteiger partial charge >= 0.3 is 6.09 Å². The Morgan fingerprint density at radius 3 is 3.05 bits per heavy atom. The van der Waals surface area contributed by atoms with Crippen molar-refractivity contribution in [2.45, 2.75) is 12.5 Å². The Labute approximate surface area is 115 Å². The van der Waals surface area contributed by atoms with Crippen LogP contribution in [0.3, 0.4) is 0 Å². The van der Waals surface area contributed by atoms with E-state index in [1.54, 1.807) is 24.4 Å². The van der Waals surface area contributed by atoms with Crippen molar-refractivity contribution >= 4 is 22.7 Å². The van der Waals surface area contributed by atoms with E-state index in [0.717, 1.165) is 0 Å². The number of amides is 1. The van der Waals surface area contributed by atoms with E-state index in [1.165, 1.54) is 11.0 Å². The molecular weight excluding hydrogens is 261 g/mol. The number of hydrogen-bond donors (Lipinski definition) is 2. The first-order chi connectivity index (χ1) is 9.65. The number of nitrogens with one attached hydrogen (secondary N) is 1. The summed E-state index contributed by atoms with van der Waals surface area (Å²) in [5.41, 5.74) is 1.11. The van der Waals surface area contributed by atoms with Crippen LogP contribution >= 0.6 is 0 Å². The number of aromatic nitrogens is 1. The molecule has 0 bridgehead atoms. The summed E-state index contributed by atoms with van der Waals surface area (Å²) in [6.07, 6.45) is 1.39. The fraction of sp³-hybridized carbons (Fsp3) is 0.286. The van der Waals surface area contributed by atoms with Crippen LogP contribution in [-0.2, 0) is 0 Å². The van der Waals surface area contributed by atoms with Gasteiger partial charge in [-0.25, -0.2) is 9.18 Å². The van der Waals surface area contributed by atoms with Gasteiger partial charge in [-0.15, -0.1) is 0 Å². The minimum atomic E-state index is -0.936. The number of hydrogen-bond acceptors (Lipinski definition) is 3. The molecule has 0 spiro atoms. The van der Waals surface area contributed by atoms with Gasteiger partial charge in [0.25, 0.3) is 0 Å². The topological polar surface area (TPSA) is 65.5 Å². The summed E-state index contributed by atoms with van der Waals surface area (Å²) in [6.45, 7) is 0.836. The number of anilines is 1. The Morgan fingerprint density at radius 1 is 1.45 bits per heavy atom. The molecule has 1 fully saturated rings. The second-order valence-corrected chi connectivity index (χ2v) is 4.85. The molecule has 0 radical (unpaired) electrons. The molecule has 2 heterocycles. The normalized spacial score (nSPS) is 18.4. The third kappa shape index (κ3) is 2.24. The third-order valence-electron chi connectivity index (χ3n) is 3.54. The SMILES string of the molecule is O=C(O)N1CCC(Nc2c(F)ccc3ncccc23)C1. The van der Waals surface area contributed by atoms with E-state index in [1.807, 2.05) is 0 Å². The zero-order valence-electron chi connectivity index (χ0n) is 10.7. The summed E-state index contributed by atoms with van der Waals surface area (Å²) < 4.78 is 14.0. The van der Waals surface area contributed by atoms with Crippen molar-refractivity contribution in [1.82, 2.24) is 9.88 Å². The highest BCUT2D eigenvalue weighted by Crippen LogP contribution is 2.27. The zero-order valence-corrected chi connectivity index (χ0v) is 10.7. The highest BCUT2D eigenvalue weighted by atomic mass is 19.1. The number of pyridine rings is 1. The minimum Gasteiger partial charge on any atom is -0.465 e. The van der Waals surface area contributed by atoms with Crippen molar-refractivity contribution in [3.05, 3.63) is 36.3 Å². The highest BCUT2D eigenvalue weighted by molar-refractivity contribution is 5.91. The van der Waals surface area contributed by atoms with Gasteiger partial charge in [0.05, 0.1) is 11.2 Å². The Bertz CT molecular complexity index is 662.